The van der Waals surface area contributed by atoms with E-state index in [4.69, 9.17) is 10.5 Å². The first-order chi connectivity index (χ1) is 7.57. The zero-order chi connectivity index (χ0) is 12.2. The largest absolute Gasteiger partial charge is 0.460 e. The normalized spacial score (nSPS) is 11.5. The number of hydrogen-bond donors (Lipinski definition) is 2. The first-order valence-electron chi connectivity index (χ1n) is 5.46. The number of nitrogens with two attached hydrogens (primary N) is 1. The first kappa shape index (κ1) is 12.6. The molecule has 0 unspecified atom stereocenters. The van der Waals surface area contributed by atoms with Gasteiger partial charge in [0.15, 0.2) is 0 Å². The van der Waals surface area contributed by atoms with Crippen LogP contribution in [-0.4, -0.2) is 27.8 Å². The molecule has 6 heteroatoms. The minimum Gasteiger partial charge on any atom is -0.460 e. The zero-order valence-corrected chi connectivity index (χ0v) is 9.91. The van der Waals surface area contributed by atoms with Gasteiger partial charge in [0.25, 0.3) is 5.82 Å². The molecule has 0 saturated heterocycles. The molecule has 3 N–H and O–H groups in total. The average Bonchev–Trinajstić information content (AvgIpc) is 2.78. The second-order valence-electron chi connectivity index (χ2n) is 3.59. The van der Waals surface area contributed by atoms with Gasteiger partial charge in [0.05, 0.1) is 12.1 Å². The van der Waals surface area contributed by atoms with Crippen molar-refractivity contribution in [2.45, 2.75) is 39.2 Å². The summed E-state index contributed by atoms with van der Waals surface area (Å²) in [4.78, 5) is 15.4. The Kier molecular flexibility index (Phi) is 4.00. The van der Waals surface area contributed by atoms with E-state index in [1.807, 2.05) is 13.8 Å². The summed E-state index contributed by atoms with van der Waals surface area (Å²) in [5, 5.41) is 6.51. The number of carbonyl (C=O) groups is 1. The second-order valence-corrected chi connectivity index (χ2v) is 3.59. The highest BCUT2D eigenvalue weighted by atomic mass is 16.5. The van der Waals surface area contributed by atoms with Gasteiger partial charge in [0, 0.05) is 0 Å². The second kappa shape index (κ2) is 5.07. The van der Waals surface area contributed by atoms with E-state index in [0.29, 0.717) is 12.4 Å². The lowest BCUT2D eigenvalue weighted by molar-refractivity contribution is 0.0512. The Morgan fingerprint density at radius 1 is 1.44 bits per heavy atom. The molecule has 6 nitrogen and oxygen atoms in total. The molecule has 0 fully saturated rings. The number of esters is 1. The van der Waals surface area contributed by atoms with Crippen LogP contribution in [0, 0.1) is 0 Å². The number of H-pyrrole nitrogens is 1. The minimum absolute atomic E-state index is 0.0357. The van der Waals surface area contributed by atoms with Crippen LogP contribution in [0.2, 0.25) is 0 Å². The van der Waals surface area contributed by atoms with Crippen LogP contribution in [0.5, 0.6) is 0 Å². The number of nitrogens with one attached hydrogen (secondary N) is 1. The molecular weight excluding hydrogens is 208 g/mol. The fourth-order valence-electron chi connectivity index (χ4n) is 1.36. The fraction of sp³-hybridized carbons (Fsp3) is 0.700. The summed E-state index contributed by atoms with van der Waals surface area (Å²) in [7, 11) is 0. The van der Waals surface area contributed by atoms with E-state index >= 15 is 0 Å². The van der Waals surface area contributed by atoms with Crippen molar-refractivity contribution >= 4 is 5.97 Å². The number of carbonyl (C=O) groups excluding carboxylic acids is 1. The predicted molar refractivity (Wildman–Crippen MR) is 58.8 cm³/mol. The van der Waals surface area contributed by atoms with Crippen LogP contribution in [0.4, 0.5) is 0 Å². The highest BCUT2D eigenvalue weighted by molar-refractivity contribution is 5.84. The summed E-state index contributed by atoms with van der Waals surface area (Å²) in [5.74, 6) is 0.0358. The lowest BCUT2D eigenvalue weighted by atomic mass is 9.94. The van der Waals surface area contributed by atoms with Crippen molar-refractivity contribution < 1.29 is 9.53 Å². The topological polar surface area (TPSA) is 93.9 Å². The van der Waals surface area contributed by atoms with Crippen molar-refractivity contribution in [1.82, 2.24) is 15.2 Å². The molecule has 1 heterocycles. The Morgan fingerprint density at radius 2 is 2.06 bits per heavy atom. The summed E-state index contributed by atoms with van der Waals surface area (Å²) in [6, 6.07) is 0. The quantitative estimate of drug-likeness (QED) is 0.729. The van der Waals surface area contributed by atoms with Crippen molar-refractivity contribution in [3.05, 3.63) is 11.6 Å². The molecule has 0 spiro atoms. The minimum atomic E-state index is -0.558. The lowest BCUT2D eigenvalue weighted by Crippen LogP contribution is -2.36. The molecule has 0 aliphatic rings. The van der Waals surface area contributed by atoms with E-state index in [2.05, 4.69) is 15.2 Å². The molecule has 0 aliphatic carbocycles. The molecule has 90 valence electrons. The van der Waals surface area contributed by atoms with Crippen molar-refractivity contribution in [2.24, 2.45) is 5.73 Å². The highest BCUT2D eigenvalue weighted by Crippen LogP contribution is 2.21. The first-order valence-corrected chi connectivity index (χ1v) is 5.46. The third-order valence-electron chi connectivity index (χ3n) is 2.68. The SMILES string of the molecule is CCOC(=O)c1n[nH]c(C(N)(CC)CC)n1. The van der Waals surface area contributed by atoms with Gasteiger partial charge in [-0.05, 0) is 19.8 Å². The van der Waals surface area contributed by atoms with Gasteiger partial charge in [0.1, 0.15) is 5.82 Å². The predicted octanol–water partition coefficient (Wildman–Crippen LogP) is 0.955. The average molecular weight is 226 g/mol. The summed E-state index contributed by atoms with van der Waals surface area (Å²) in [5.41, 5.74) is 5.56. The number of aromatic amines is 1. The molecule has 0 radical (unpaired) electrons. The highest BCUT2D eigenvalue weighted by Gasteiger charge is 2.28. The van der Waals surface area contributed by atoms with Crippen LogP contribution in [-0.2, 0) is 10.3 Å². The zero-order valence-electron chi connectivity index (χ0n) is 9.91. The van der Waals surface area contributed by atoms with E-state index in [0.717, 1.165) is 12.8 Å². The molecule has 0 aliphatic heterocycles. The summed E-state index contributed by atoms with van der Waals surface area (Å²) in [6.07, 6.45) is 1.45. The Bertz CT molecular complexity index is 357. The maximum atomic E-state index is 11.4. The van der Waals surface area contributed by atoms with Gasteiger partial charge < -0.3 is 10.5 Å². The molecule has 0 amide bonds. The van der Waals surface area contributed by atoms with Gasteiger partial charge in [-0.3, -0.25) is 5.10 Å². The van der Waals surface area contributed by atoms with Gasteiger partial charge >= 0.3 is 5.97 Å². The van der Waals surface area contributed by atoms with Crippen molar-refractivity contribution in [3.63, 3.8) is 0 Å². The summed E-state index contributed by atoms with van der Waals surface area (Å²) >= 11 is 0. The monoisotopic (exact) mass is 226 g/mol. The summed E-state index contributed by atoms with van der Waals surface area (Å²) in [6.45, 7) is 5.97. The standard InChI is InChI=1S/C10H18N4O2/c1-4-10(11,5-2)9-12-7(13-14-9)8(15)16-6-3/h4-6,11H2,1-3H3,(H,12,13,14). The van der Waals surface area contributed by atoms with Gasteiger partial charge in [0.2, 0.25) is 0 Å². The van der Waals surface area contributed by atoms with E-state index in [1.54, 1.807) is 6.92 Å². The van der Waals surface area contributed by atoms with Gasteiger partial charge in [-0.1, -0.05) is 13.8 Å². The lowest BCUT2D eigenvalue weighted by Gasteiger charge is -2.22. The van der Waals surface area contributed by atoms with Crippen LogP contribution in [0.25, 0.3) is 0 Å². The van der Waals surface area contributed by atoms with E-state index < -0.39 is 11.5 Å². The van der Waals surface area contributed by atoms with Crippen LogP contribution >= 0.6 is 0 Å². The Balaban J connectivity index is 2.90. The van der Waals surface area contributed by atoms with Gasteiger partial charge in [-0.2, -0.15) is 0 Å². The van der Waals surface area contributed by atoms with Crippen LogP contribution < -0.4 is 5.73 Å². The summed E-state index contributed by atoms with van der Waals surface area (Å²) < 4.78 is 4.80. The third kappa shape index (κ3) is 2.38. The molecular formula is C10H18N4O2. The number of ether oxygens (including phenoxy) is 1. The maximum absolute atomic E-state index is 11.4. The van der Waals surface area contributed by atoms with E-state index in [1.165, 1.54) is 0 Å². The molecule has 1 aromatic heterocycles. The smallest absolute Gasteiger partial charge is 0.378 e. The van der Waals surface area contributed by atoms with Crippen LogP contribution in [0.3, 0.4) is 0 Å². The molecule has 0 atom stereocenters. The molecule has 16 heavy (non-hydrogen) atoms. The molecule has 0 bridgehead atoms. The maximum Gasteiger partial charge on any atom is 0.378 e. The van der Waals surface area contributed by atoms with Crippen LogP contribution in [0.15, 0.2) is 0 Å². The number of nitrogens with zero attached hydrogens (tertiary/aromatic N) is 2. The Hall–Kier alpha value is -1.43. The molecule has 0 aromatic carbocycles. The Labute approximate surface area is 94.6 Å². The van der Waals surface area contributed by atoms with Gasteiger partial charge in [-0.25, -0.2) is 9.78 Å². The van der Waals surface area contributed by atoms with Crippen LogP contribution in [0.1, 0.15) is 50.1 Å². The van der Waals surface area contributed by atoms with Gasteiger partial charge in [-0.15, -0.1) is 5.10 Å². The number of rotatable bonds is 5. The van der Waals surface area contributed by atoms with E-state index in [-0.39, 0.29) is 5.82 Å². The third-order valence-corrected chi connectivity index (χ3v) is 2.68. The number of aromatic nitrogens is 3. The van der Waals surface area contributed by atoms with Crippen molar-refractivity contribution in [2.75, 3.05) is 6.61 Å². The molecule has 1 aromatic rings. The molecule has 0 saturated carbocycles. The fourth-order valence-corrected chi connectivity index (χ4v) is 1.36. The number of hydrogen-bond acceptors (Lipinski definition) is 5. The Morgan fingerprint density at radius 3 is 2.56 bits per heavy atom. The van der Waals surface area contributed by atoms with Crippen molar-refractivity contribution in [1.29, 1.82) is 0 Å². The van der Waals surface area contributed by atoms with E-state index in [9.17, 15) is 4.79 Å². The molecule has 1 rings (SSSR count). The van der Waals surface area contributed by atoms with Crippen molar-refractivity contribution in [3.8, 4) is 0 Å².